The highest BCUT2D eigenvalue weighted by molar-refractivity contribution is 7.98. The van der Waals surface area contributed by atoms with Crippen LogP contribution in [0.1, 0.15) is 0 Å². The van der Waals surface area contributed by atoms with Crippen LogP contribution in [0.2, 0.25) is 0 Å². The fourth-order valence-corrected chi connectivity index (χ4v) is 1.34. The van der Waals surface area contributed by atoms with Crippen LogP contribution < -0.4 is 5.32 Å². The summed E-state index contributed by atoms with van der Waals surface area (Å²) >= 11 is 1.66. The van der Waals surface area contributed by atoms with Crippen molar-refractivity contribution in [2.24, 2.45) is 0 Å². The van der Waals surface area contributed by atoms with E-state index in [0.29, 0.717) is 0 Å². The molecule has 0 atom stereocenters. The number of nitrogens with one attached hydrogen (secondary N) is 1. The van der Waals surface area contributed by atoms with Crippen molar-refractivity contribution in [1.29, 1.82) is 10.5 Å². The van der Waals surface area contributed by atoms with Crippen molar-refractivity contribution in [2.45, 2.75) is 4.90 Å². The first-order valence-corrected chi connectivity index (χ1v) is 5.43. The minimum atomic E-state index is 0.0592. The lowest BCUT2D eigenvalue weighted by Gasteiger charge is -2.01. The van der Waals surface area contributed by atoms with E-state index >= 15 is 0 Å². The summed E-state index contributed by atoms with van der Waals surface area (Å²) in [4.78, 5) is 1.17. The summed E-state index contributed by atoms with van der Waals surface area (Å²) in [6, 6.07) is 11.3. The predicted molar refractivity (Wildman–Crippen MR) is 61.2 cm³/mol. The number of anilines is 1. The molecular weight excluding hydrogens is 206 g/mol. The van der Waals surface area contributed by atoms with Gasteiger partial charge in [-0.2, -0.15) is 10.5 Å². The highest BCUT2D eigenvalue weighted by Gasteiger charge is 1.93. The number of nitriles is 2. The third kappa shape index (κ3) is 3.38. The zero-order valence-electron chi connectivity index (χ0n) is 8.19. The minimum Gasteiger partial charge on any atom is -0.360 e. The summed E-state index contributed by atoms with van der Waals surface area (Å²) in [5, 5.41) is 19.9. The first-order chi connectivity index (χ1) is 7.30. The van der Waals surface area contributed by atoms with Gasteiger partial charge in [0, 0.05) is 16.8 Å². The van der Waals surface area contributed by atoms with Crippen molar-refractivity contribution in [3.8, 4) is 12.1 Å². The standard InChI is InChI=1S/C11H9N3S/c1-15-11-4-2-10(3-5-11)14-8-9(6-12)7-13/h2-5,8,14H,1H3. The van der Waals surface area contributed by atoms with Gasteiger partial charge in [-0.25, -0.2) is 0 Å². The maximum atomic E-state index is 8.50. The molecule has 4 heteroatoms. The van der Waals surface area contributed by atoms with Crippen LogP contribution >= 0.6 is 11.8 Å². The van der Waals surface area contributed by atoms with Gasteiger partial charge in [0.2, 0.25) is 0 Å². The maximum absolute atomic E-state index is 8.50. The highest BCUT2D eigenvalue weighted by atomic mass is 32.2. The molecular formula is C11H9N3S. The number of rotatable bonds is 3. The maximum Gasteiger partial charge on any atom is 0.145 e. The summed E-state index contributed by atoms with van der Waals surface area (Å²) in [6.45, 7) is 0. The zero-order chi connectivity index (χ0) is 11.1. The Kier molecular flexibility index (Phi) is 4.28. The molecule has 0 aliphatic carbocycles. The lowest BCUT2D eigenvalue weighted by Crippen LogP contribution is -1.89. The van der Waals surface area contributed by atoms with Crippen LogP contribution in [0.15, 0.2) is 40.9 Å². The van der Waals surface area contributed by atoms with Gasteiger partial charge >= 0.3 is 0 Å². The van der Waals surface area contributed by atoms with E-state index < -0.39 is 0 Å². The molecule has 3 nitrogen and oxygen atoms in total. The molecule has 0 heterocycles. The molecule has 74 valence electrons. The predicted octanol–water partition coefficient (Wildman–Crippen LogP) is 2.75. The first kappa shape index (κ1) is 11.2. The monoisotopic (exact) mass is 215 g/mol. The van der Waals surface area contributed by atoms with Gasteiger partial charge in [-0.15, -0.1) is 11.8 Å². The first-order valence-electron chi connectivity index (χ1n) is 4.21. The fourth-order valence-electron chi connectivity index (χ4n) is 0.932. The van der Waals surface area contributed by atoms with Gasteiger partial charge in [-0.3, -0.25) is 0 Å². The lowest BCUT2D eigenvalue weighted by molar-refractivity contribution is 1.42. The number of hydrogen-bond acceptors (Lipinski definition) is 4. The Bertz CT molecular complexity index is 418. The molecule has 0 unspecified atom stereocenters. The summed E-state index contributed by atoms with van der Waals surface area (Å²) in [5.41, 5.74) is 0.916. The van der Waals surface area contributed by atoms with E-state index in [9.17, 15) is 0 Å². The van der Waals surface area contributed by atoms with Crippen LogP contribution in [0, 0.1) is 22.7 Å². The minimum absolute atomic E-state index is 0.0592. The highest BCUT2D eigenvalue weighted by Crippen LogP contribution is 2.17. The molecule has 1 aromatic rings. The molecule has 0 fully saturated rings. The fraction of sp³-hybridized carbons (Fsp3) is 0.0909. The van der Waals surface area contributed by atoms with Gasteiger partial charge in [0.25, 0.3) is 0 Å². The van der Waals surface area contributed by atoms with Crippen molar-refractivity contribution in [2.75, 3.05) is 11.6 Å². The van der Waals surface area contributed by atoms with Gasteiger partial charge in [-0.05, 0) is 30.5 Å². The summed E-state index contributed by atoms with van der Waals surface area (Å²) in [7, 11) is 0. The lowest BCUT2D eigenvalue weighted by atomic mass is 10.3. The third-order valence-corrected chi connectivity index (χ3v) is 2.46. The van der Waals surface area contributed by atoms with Crippen LogP contribution in [-0.4, -0.2) is 6.26 Å². The molecule has 0 spiro atoms. The van der Waals surface area contributed by atoms with Crippen molar-refractivity contribution >= 4 is 17.4 Å². The average molecular weight is 215 g/mol. The van der Waals surface area contributed by atoms with E-state index in [4.69, 9.17) is 10.5 Å². The Morgan fingerprint density at radius 2 is 1.87 bits per heavy atom. The van der Waals surface area contributed by atoms with E-state index in [1.54, 1.807) is 23.9 Å². The van der Waals surface area contributed by atoms with Crippen molar-refractivity contribution in [3.05, 3.63) is 36.0 Å². The van der Waals surface area contributed by atoms with Crippen LogP contribution in [0.5, 0.6) is 0 Å². The van der Waals surface area contributed by atoms with Gasteiger partial charge in [0.1, 0.15) is 17.7 Å². The Balaban J connectivity index is 2.71. The molecule has 0 bridgehead atoms. The van der Waals surface area contributed by atoms with Crippen molar-refractivity contribution in [3.63, 3.8) is 0 Å². The van der Waals surface area contributed by atoms with E-state index in [0.717, 1.165) is 5.69 Å². The topological polar surface area (TPSA) is 59.6 Å². The Labute approximate surface area is 93.0 Å². The number of benzene rings is 1. The van der Waals surface area contributed by atoms with E-state index in [1.807, 2.05) is 30.5 Å². The second-order valence-corrected chi connectivity index (χ2v) is 3.53. The summed E-state index contributed by atoms with van der Waals surface area (Å²) in [6.07, 6.45) is 3.40. The van der Waals surface area contributed by atoms with Crippen LogP contribution in [0.3, 0.4) is 0 Å². The summed E-state index contributed by atoms with van der Waals surface area (Å²) in [5.74, 6) is 0. The summed E-state index contributed by atoms with van der Waals surface area (Å²) < 4.78 is 0. The Morgan fingerprint density at radius 1 is 1.27 bits per heavy atom. The second kappa shape index (κ2) is 5.74. The molecule has 1 rings (SSSR count). The molecule has 1 aromatic carbocycles. The Hall–Kier alpha value is -1.91. The molecule has 0 saturated carbocycles. The van der Waals surface area contributed by atoms with Gasteiger partial charge in [0.15, 0.2) is 0 Å². The molecule has 0 aliphatic rings. The normalized spacial score (nSPS) is 8.47. The van der Waals surface area contributed by atoms with Crippen molar-refractivity contribution in [1.82, 2.24) is 0 Å². The van der Waals surface area contributed by atoms with Gasteiger partial charge in [0.05, 0.1) is 0 Å². The number of hydrogen-bond donors (Lipinski definition) is 1. The SMILES string of the molecule is CSc1ccc(NC=C(C#N)C#N)cc1. The third-order valence-electron chi connectivity index (χ3n) is 1.71. The molecule has 0 aliphatic heterocycles. The van der Waals surface area contributed by atoms with E-state index in [2.05, 4.69) is 5.32 Å². The van der Waals surface area contributed by atoms with Gasteiger partial charge < -0.3 is 5.32 Å². The number of thioether (sulfide) groups is 1. The molecule has 0 saturated heterocycles. The van der Waals surface area contributed by atoms with E-state index in [-0.39, 0.29) is 5.57 Å². The van der Waals surface area contributed by atoms with Crippen molar-refractivity contribution < 1.29 is 0 Å². The Morgan fingerprint density at radius 3 is 2.33 bits per heavy atom. The molecule has 0 aromatic heterocycles. The van der Waals surface area contributed by atoms with Crippen LogP contribution in [-0.2, 0) is 0 Å². The number of nitrogens with zero attached hydrogens (tertiary/aromatic N) is 2. The molecule has 0 radical (unpaired) electrons. The largest absolute Gasteiger partial charge is 0.360 e. The van der Waals surface area contributed by atoms with Crippen LogP contribution in [0.25, 0.3) is 0 Å². The zero-order valence-corrected chi connectivity index (χ0v) is 9.01. The number of allylic oxidation sites excluding steroid dienone is 1. The van der Waals surface area contributed by atoms with Gasteiger partial charge in [-0.1, -0.05) is 0 Å². The molecule has 1 N–H and O–H groups in total. The quantitative estimate of drug-likeness (QED) is 0.622. The second-order valence-electron chi connectivity index (χ2n) is 2.65. The van der Waals surface area contributed by atoms with Crippen LogP contribution in [0.4, 0.5) is 5.69 Å². The van der Waals surface area contributed by atoms with E-state index in [1.165, 1.54) is 11.1 Å². The molecule has 15 heavy (non-hydrogen) atoms. The smallest absolute Gasteiger partial charge is 0.145 e. The molecule has 0 amide bonds. The average Bonchev–Trinajstić information content (AvgIpc) is 2.31.